The van der Waals surface area contributed by atoms with Gasteiger partial charge in [-0.15, -0.1) is 0 Å². The number of hydrogen-bond donors (Lipinski definition) is 0. The summed E-state index contributed by atoms with van der Waals surface area (Å²) in [7, 11) is 2.00. The van der Waals surface area contributed by atoms with Crippen LogP contribution in [0.1, 0.15) is 12.2 Å². The molecular weight excluding hydrogens is 358 g/mol. The van der Waals surface area contributed by atoms with Gasteiger partial charge in [0.15, 0.2) is 22.8 Å². The van der Waals surface area contributed by atoms with Crippen molar-refractivity contribution in [2.75, 3.05) is 58.1 Å². The van der Waals surface area contributed by atoms with Crippen molar-refractivity contribution in [2.45, 2.75) is 13.0 Å². The fraction of sp³-hybridized carbons (Fsp3) is 0.579. The fourth-order valence-electron chi connectivity index (χ4n) is 3.89. The van der Waals surface area contributed by atoms with Gasteiger partial charge in [0.2, 0.25) is 0 Å². The van der Waals surface area contributed by atoms with Gasteiger partial charge in [-0.05, 0) is 6.42 Å². The van der Waals surface area contributed by atoms with Crippen LogP contribution in [0.4, 0.5) is 5.82 Å². The minimum absolute atomic E-state index is 0.504. The summed E-state index contributed by atoms with van der Waals surface area (Å²) in [6.45, 7) is 6.18. The number of aromatic nitrogens is 4. The Morgan fingerprint density at radius 1 is 1.14 bits per heavy atom. The summed E-state index contributed by atoms with van der Waals surface area (Å²) in [6.07, 6.45) is 6.87. The third-order valence-electron chi connectivity index (χ3n) is 5.39. The van der Waals surface area contributed by atoms with Gasteiger partial charge in [0.25, 0.3) is 0 Å². The number of fused-ring (bicyclic) bond motifs is 1. The van der Waals surface area contributed by atoms with Crippen molar-refractivity contribution in [3.63, 3.8) is 0 Å². The first kappa shape index (κ1) is 17.6. The zero-order valence-corrected chi connectivity index (χ0v) is 16.1. The Hall–Kier alpha value is -2.52. The molecule has 1 unspecified atom stereocenters. The van der Waals surface area contributed by atoms with Crippen LogP contribution in [-0.4, -0.2) is 83.9 Å². The van der Waals surface area contributed by atoms with Crippen LogP contribution in [0.25, 0.3) is 16.7 Å². The Morgan fingerprint density at radius 2 is 2.04 bits per heavy atom. The van der Waals surface area contributed by atoms with Gasteiger partial charge in [-0.2, -0.15) is 0 Å². The number of aliphatic imine (C=N–C) groups is 1. The predicted octanol–water partition coefficient (Wildman–Crippen LogP) is 1.01. The molecule has 5 heterocycles. The highest BCUT2D eigenvalue weighted by atomic mass is 16.5. The highest BCUT2D eigenvalue weighted by Gasteiger charge is 2.23. The molecule has 0 saturated carbocycles. The van der Waals surface area contributed by atoms with E-state index in [4.69, 9.17) is 19.4 Å². The fourth-order valence-corrected chi connectivity index (χ4v) is 3.89. The van der Waals surface area contributed by atoms with Gasteiger partial charge in [0.1, 0.15) is 6.67 Å². The molecule has 0 radical (unpaired) electrons. The van der Waals surface area contributed by atoms with Crippen molar-refractivity contribution in [1.29, 1.82) is 0 Å². The molecule has 5 rings (SSSR count). The van der Waals surface area contributed by atoms with E-state index in [2.05, 4.69) is 19.4 Å². The predicted molar refractivity (Wildman–Crippen MR) is 106 cm³/mol. The number of anilines is 1. The third-order valence-corrected chi connectivity index (χ3v) is 5.39. The van der Waals surface area contributed by atoms with Crippen LogP contribution in [-0.2, 0) is 16.0 Å². The Kier molecular flexibility index (Phi) is 4.69. The summed E-state index contributed by atoms with van der Waals surface area (Å²) >= 11 is 0. The number of imidazole rings is 1. The zero-order valence-electron chi connectivity index (χ0n) is 16.1. The second-order valence-corrected chi connectivity index (χ2v) is 7.56. The van der Waals surface area contributed by atoms with Crippen molar-refractivity contribution in [3.05, 3.63) is 18.4 Å². The molecule has 0 spiro atoms. The number of ether oxygens (including phenoxy) is 2. The van der Waals surface area contributed by atoms with E-state index in [1.165, 1.54) is 0 Å². The standard InChI is InChI=1S/C19H25N7O2/c1-24-10-15(8-20-12-24)17-22-18(25-3-6-27-7-4-25)16-19(23-17)26(13-21-16)9-14-2-5-28-11-14/h8,10,13-14H,2-7,9,11-12H2,1H3. The highest BCUT2D eigenvalue weighted by Crippen LogP contribution is 2.27. The lowest BCUT2D eigenvalue weighted by Gasteiger charge is -2.28. The van der Waals surface area contributed by atoms with E-state index in [0.29, 0.717) is 31.6 Å². The van der Waals surface area contributed by atoms with E-state index in [1.54, 1.807) is 0 Å². The number of nitrogens with zero attached hydrogens (tertiary/aromatic N) is 7. The van der Waals surface area contributed by atoms with E-state index in [0.717, 1.165) is 61.8 Å². The summed E-state index contributed by atoms with van der Waals surface area (Å²) in [5.41, 5.74) is 2.65. The molecule has 2 saturated heterocycles. The molecule has 2 aromatic rings. The lowest BCUT2D eigenvalue weighted by atomic mass is 10.1. The van der Waals surface area contributed by atoms with Crippen molar-refractivity contribution in [2.24, 2.45) is 10.9 Å². The molecule has 0 amide bonds. The second kappa shape index (κ2) is 7.48. The number of allylic oxidation sites excluding steroid dienone is 1. The van der Waals surface area contributed by atoms with E-state index < -0.39 is 0 Å². The molecule has 9 nitrogen and oxygen atoms in total. The number of hydrogen-bond acceptors (Lipinski definition) is 8. The maximum atomic E-state index is 5.55. The van der Waals surface area contributed by atoms with Gasteiger partial charge in [-0.25, -0.2) is 15.0 Å². The third kappa shape index (κ3) is 3.35. The summed E-state index contributed by atoms with van der Waals surface area (Å²) in [5, 5.41) is 0. The van der Waals surface area contributed by atoms with Crippen LogP contribution < -0.4 is 4.90 Å². The van der Waals surface area contributed by atoms with Gasteiger partial charge in [-0.3, -0.25) is 4.99 Å². The quantitative estimate of drug-likeness (QED) is 0.779. The van der Waals surface area contributed by atoms with Crippen molar-refractivity contribution < 1.29 is 9.47 Å². The maximum Gasteiger partial charge on any atom is 0.167 e. The van der Waals surface area contributed by atoms with Crippen molar-refractivity contribution in [3.8, 4) is 0 Å². The van der Waals surface area contributed by atoms with Gasteiger partial charge < -0.3 is 23.8 Å². The molecule has 0 aliphatic carbocycles. The van der Waals surface area contributed by atoms with E-state index in [9.17, 15) is 0 Å². The lowest BCUT2D eigenvalue weighted by Crippen LogP contribution is -2.37. The number of rotatable bonds is 4. The molecule has 0 aromatic carbocycles. The van der Waals surface area contributed by atoms with Crippen LogP contribution in [0.3, 0.4) is 0 Å². The van der Waals surface area contributed by atoms with Crippen molar-refractivity contribution in [1.82, 2.24) is 24.4 Å². The Bertz CT molecular complexity index is 910. The number of morpholine rings is 1. The molecule has 3 aliphatic heterocycles. The molecule has 148 valence electrons. The molecule has 28 heavy (non-hydrogen) atoms. The van der Waals surface area contributed by atoms with Gasteiger partial charge >= 0.3 is 0 Å². The minimum atomic E-state index is 0.504. The summed E-state index contributed by atoms with van der Waals surface area (Å²) < 4.78 is 13.2. The van der Waals surface area contributed by atoms with E-state index >= 15 is 0 Å². The van der Waals surface area contributed by atoms with Crippen LogP contribution in [0, 0.1) is 5.92 Å². The van der Waals surface area contributed by atoms with Crippen LogP contribution in [0.15, 0.2) is 17.5 Å². The lowest BCUT2D eigenvalue weighted by molar-refractivity contribution is 0.122. The Morgan fingerprint density at radius 3 is 2.82 bits per heavy atom. The summed E-state index contributed by atoms with van der Waals surface area (Å²) in [5.74, 6) is 2.07. The molecule has 1 atom stereocenters. The molecule has 9 heteroatoms. The molecule has 2 fully saturated rings. The highest BCUT2D eigenvalue weighted by molar-refractivity contribution is 6.09. The van der Waals surface area contributed by atoms with Crippen LogP contribution in [0.5, 0.6) is 0 Å². The van der Waals surface area contributed by atoms with E-state index in [-0.39, 0.29) is 0 Å². The molecule has 2 aromatic heterocycles. The van der Waals surface area contributed by atoms with Crippen LogP contribution >= 0.6 is 0 Å². The Balaban J connectivity index is 1.59. The largest absolute Gasteiger partial charge is 0.381 e. The summed E-state index contributed by atoms with van der Waals surface area (Å²) in [6, 6.07) is 0. The summed E-state index contributed by atoms with van der Waals surface area (Å²) in [4.78, 5) is 23.2. The topological polar surface area (TPSA) is 80.9 Å². The molecule has 3 aliphatic rings. The Labute approximate surface area is 163 Å². The maximum absolute atomic E-state index is 5.55. The normalized spacial score (nSPS) is 22.9. The first-order valence-corrected chi connectivity index (χ1v) is 9.83. The zero-order chi connectivity index (χ0) is 18.9. The van der Waals surface area contributed by atoms with E-state index in [1.807, 2.05) is 30.7 Å². The van der Waals surface area contributed by atoms with Gasteiger partial charge in [0.05, 0.1) is 31.7 Å². The monoisotopic (exact) mass is 383 g/mol. The molecular formula is C19H25N7O2. The minimum Gasteiger partial charge on any atom is -0.381 e. The van der Waals surface area contributed by atoms with Crippen molar-refractivity contribution >= 4 is 28.8 Å². The average molecular weight is 383 g/mol. The molecule has 0 bridgehead atoms. The SMILES string of the molecule is CN1C=C(c2nc(N3CCOCC3)c3ncn(CC4CCOC4)c3n2)C=NC1. The van der Waals surface area contributed by atoms with Gasteiger partial charge in [-0.1, -0.05) is 0 Å². The first-order chi connectivity index (χ1) is 13.8. The van der Waals surface area contributed by atoms with Gasteiger partial charge in [0, 0.05) is 51.6 Å². The van der Waals surface area contributed by atoms with Crippen LogP contribution in [0.2, 0.25) is 0 Å². The average Bonchev–Trinajstić information content (AvgIpc) is 3.39. The second-order valence-electron chi connectivity index (χ2n) is 7.56. The smallest absolute Gasteiger partial charge is 0.167 e. The molecule has 0 N–H and O–H groups in total. The first-order valence-electron chi connectivity index (χ1n) is 9.83.